The van der Waals surface area contributed by atoms with Crippen molar-refractivity contribution in [3.05, 3.63) is 28.2 Å². The Morgan fingerprint density at radius 3 is 2.67 bits per heavy atom. The van der Waals surface area contributed by atoms with Crippen molar-refractivity contribution in [1.82, 2.24) is 0 Å². The van der Waals surface area contributed by atoms with Gasteiger partial charge in [-0.25, -0.2) is 0 Å². The molecule has 0 bridgehead atoms. The Hall–Kier alpha value is -0.500. The predicted molar refractivity (Wildman–Crippen MR) is 68.8 cm³/mol. The lowest BCUT2D eigenvalue weighted by molar-refractivity contribution is 0.357. The quantitative estimate of drug-likeness (QED) is 0.801. The van der Waals surface area contributed by atoms with Gasteiger partial charge in [0, 0.05) is 10.2 Å². The fourth-order valence-electron chi connectivity index (χ4n) is 2.46. The number of hydrogen-bond donors (Lipinski definition) is 1. The van der Waals surface area contributed by atoms with Gasteiger partial charge in [0.15, 0.2) is 0 Å². The van der Waals surface area contributed by atoms with E-state index < -0.39 is 0 Å². The molecule has 0 amide bonds. The number of hydrogen-bond acceptors (Lipinski definition) is 1. The Kier molecular flexibility index (Phi) is 3.68. The van der Waals surface area contributed by atoms with Crippen LogP contribution < -0.4 is 5.73 Å². The van der Waals surface area contributed by atoms with Gasteiger partial charge in [-0.05, 0) is 39.9 Å². The Bertz CT molecular complexity index is 329. The van der Waals surface area contributed by atoms with Crippen molar-refractivity contribution in [3.8, 4) is 0 Å². The number of nitrogen functional groups attached to an aromatic ring is 1. The fourth-order valence-corrected chi connectivity index (χ4v) is 2.87. The molecule has 0 unspecified atom stereocenters. The van der Waals surface area contributed by atoms with Crippen molar-refractivity contribution in [2.45, 2.75) is 38.5 Å². The van der Waals surface area contributed by atoms with E-state index in [0.717, 1.165) is 22.5 Å². The molecule has 1 nitrogen and oxygen atoms in total. The second kappa shape index (κ2) is 5.02. The first-order valence-electron chi connectivity index (χ1n) is 5.80. The van der Waals surface area contributed by atoms with Gasteiger partial charge in [0.2, 0.25) is 0 Å². The summed E-state index contributed by atoms with van der Waals surface area (Å²) in [6.07, 6.45) is 8.14. The van der Waals surface area contributed by atoms with Crippen LogP contribution in [0.5, 0.6) is 0 Å². The molecule has 0 aromatic heterocycles. The minimum Gasteiger partial charge on any atom is -0.398 e. The van der Waals surface area contributed by atoms with Crippen LogP contribution in [0.25, 0.3) is 0 Å². The van der Waals surface area contributed by atoms with E-state index in [2.05, 4.69) is 28.1 Å². The molecule has 0 radical (unpaired) electrons. The molecule has 15 heavy (non-hydrogen) atoms. The first kappa shape index (κ1) is 11.0. The second-order valence-electron chi connectivity index (χ2n) is 4.52. The number of para-hydroxylation sites is 1. The lowest BCUT2D eigenvalue weighted by Gasteiger charge is -2.22. The van der Waals surface area contributed by atoms with Gasteiger partial charge in [0.05, 0.1) is 0 Å². The van der Waals surface area contributed by atoms with Crippen LogP contribution >= 0.6 is 15.9 Å². The maximum Gasteiger partial charge on any atom is 0.0491 e. The zero-order valence-electron chi connectivity index (χ0n) is 9.01. The Morgan fingerprint density at radius 2 is 1.93 bits per heavy atom. The smallest absolute Gasteiger partial charge is 0.0491 e. The molecule has 1 aliphatic rings. The highest BCUT2D eigenvalue weighted by Gasteiger charge is 2.15. The molecule has 1 fully saturated rings. The third kappa shape index (κ3) is 2.75. The number of benzene rings is 1. The highest BCUT2D eigenvalue weighted by Crippen LogP contribution is 2.30. The van der Waals surface area contributed by atoms with Crippen LogP contribution in [0.2, 0.25) is 0 Å². The monoisotopic (exact) mass is 267 g/mol. The molecule has 1 aliphatic carbocycles. The maximum atomic E-state index is 6.05. The molecular weight excluding hydrogens is 250 g/mol. The predicted octanol–water partition coefficient (Wildman–Crippen LogP) is 4.15. The molecule has 0 saturated heterocycles. The van der Waals surface area contributed by atoms with Crippen LogP contribution in [-0.4, -0.2) is 0 Å². The summed E-state index contributed by atoms with van der Waals surface area (Å²) >= 11 is 3.49. The first-order valence-corrected chi connectivity index (χ1v) is 6.59. The zero-order chi connectivity index (χ0) is 10.7. The van der Waals surface area contributed by atoms with Crippen molar-refractivity contribution < 1.29 is 0 Å². The molecule has 1 aromatic rings. The van der Waals surface area contributed by atoms with Crippen molar-refractivity contribution in [3.63, 3.8) is 0 Å². The lowest BCUT2D eigenvalue weighted by Crippen LogP contribution is -2.10. The largest absolute Gasteiger partial charge is 0.398 e. The van der Waals surface area contributed by atoms with Crippen LogP contribution in [0.3, 0.4) is 0 Å². The van der Waals surface area contributed by atoms with Crippen LogP contribution in [0.4, 0.5) is 5.69 Å². The van der Waals surface area contributed by atoms with E-state index in [1.165, 1.54) is 37.7 Å². The molecule has 1 saturated carbocycles. The van der Waals surface area contributed by atoms with Crippen LogP contribution in [0, 0.1) is 5.92 Å². The zero-order valence-corrected chi connectivity index (χ0v) is 10.6. The molecule has 0 spiro atoms. The minimum atomic E-state index is 0.857. The van der Waals surface area contributed by atoms with Gasteiger partial charge < -0.3 is 5.73 Å². The molecule has 2 rings (SSSR count). The lowest BCUT2D eigenvalue weighted by atomic mass is 9.84. The number of nitrogens with two attached hydrogens (primary N) is 1. The summed E-state index contributed by atoms with van der Waals surface area (Å²) in [5.41, 5.74) is 8.30. The van der Waals surface area contributed by atoms with Gasteiger partial charge >= 0.3 is 0 Å². The molecule has 82 valence electrons. The van der Waals surface area contributed by atoms with Crippen molar-refractivity contribution in [2.24, 2.45) is 5.92 Å². The van der Waals surface area contributed by atoms with Crippen molar-refractivity contribution >= 4 is 21.6 Å². The third-order valence-corrected chi connectivity index (χ3v) is 4.07. The SMILES string of the molecule is Nc1c(Br)cccc1CC1CCCCC1. The second-order valence-corrected chi connectivity index (χ2v) is 5.38. The highest BCUT2D eigenvalue weighted by molar-refractivity contribution is 9.10. The van der Waals surface area contributed by atoms with E-state index in [0.29, 0.717) is 0 Å². The van der Waals surface area contributed by atoms with Crippen molar-refractivity contribution in [2.75, 3.05) is 5.73 Å². The first-order chi connectivity index (χ1) is 7.27. The van der Waals surface area contributed by atoms with Gasteiger partial charge in [-0.2, -0.15) is 0 Å². The molecule has 0 atom stereocenters. The van der Waals surface area contributed by atoms with E-state index in [1.807, 2.05) is 6.07 Å². The molecule has 2 N–H and O–H groups in total. The molecule has 1 aromatic carbocycles. The van der Waals surface area contributed by atoms with Crippen LogP contribution in [-0.2, 0) is 6.42 Å². The van der Waals surface area contributed by atoms with E-state index in [9.17, 15) is 0 Å². The Labute approximate surface area is 100 Å². The van der Waals surface area contributed by atoms with Crippen LogP contribution in [0.15, 0.2) is 22.7 Å². The van der Waals surface area contributed by atoms with Gasteiger partial charge in [-0.3, -0.25) is 0 Å². The summed E-state index contributed by atoms with van der Waals surface area (Å²) in [6, 6.07) is 6.26. The summed E-state index contributed by atoms with van der Waals surface area (Å²) in [7, 11) is 0. The number of rotatable bonds is 2. The fraction of sp³-hybridized carbons (Fsp3) is 0.538. The van der Waals surface area contributed by atoms with Gasteiger partial charge in [0.25, 0.3) is 0 Å². The normalized spacial score (nSPS) is 17.9. The summed E-state index contributed by atoms with van der Waals surface area (Å²) < 4.78 is 1.04. The summed E-state index contributed by atoms with van der Waals surface area (Å²) in [5.74, 6) is 0.857. The number of halogens is 1. The maximum absolute atomic E-state index is 6.05. The minimum absolute atomic E-state index is 0.857. The molecule has 2 heteroatoms. The highest BCUT2D eigenvalue weighted by atomic mass is 79.9. The van der Waals surface area contributed by atoms with E-state index in [-0.39, 0.29) is 0 Å². The summed E-state index contributed by atoms with van der Waals surface area (Å²) in [6.45, 7) is 0. The average molecular weight is 268 g/mol. The summed E-state index contributed by atoms with van der Waals surface area (Å²) in [5, 5.41) is 0. The standard InChI is InChI=1S/C13H18BrN/c14-12-8-4-7-11(13(12)15)9-10-5-2-1-3-6-10/h4,7-8,10H,1-3,5-6,9,15H2. The molecular formula is C13H18BrN. The Morgan fingerprint density at radius 1 is 1.20 bits per heavy atom. The van der Waals surface area contributed by atoms with E-state index in [4.69, 9.17) is 5.73 Å². The topological polar surface area (TPSA) is 26.0 Å². The Balaban J connectivity index is 2.06. The average Bonchev–Trinajstić information content (AvgIpc) is 2.26. The third-order valence-electron chi connectivity index (χ3n) is 3.38. The molecule has 0 aliphatic heterocycles. The summed E-state index contributed by atoms with van der Waals surface area (Å²) in [4.78, 5) is 0. The molecule has 0 heterocycles. The van der Waals surface area contributed by atoms with Gasteiger partial charge in [-0.15, -0.1) is 0 Å². The van der Waals surface area contributed by atoms with Crippen molar-refractivity contribution in [1.29, 1.82) is 0 Å². The van der Waals surface area contributed by atoms with Crippen LogP contribution in [0.1, 0.15) is 37.7 Å². The van der Waals surface area contributed by atoms with Gasteiger partial charge in [-0.1, -0.05) is 44.2 Å². The van der Waals surface area contributed by atoms with E-state index in [1.54, 1.807) is 0 Å². The van der Waals surface area contributed by atoms with Gasteiger partial charge in [0.1, 0.15) is 0 Å². The number of anilines is 1. The van der Waals surface area contributed by atoms with E-state index >= 15 is 0 Å².